The molecule has 0 spiro atoms. The average molecular weight is 367 g/mol. The van der Waals surface area contributed by atoms with Crippen molar-refractivity contribution >= 4 is 33.0 Å². The van der Waals surface area contributed by atoms with Gasteiger partial charge in [0.15, 0.2) is 15.0 Å². The van der Waals surface area contributed by atoms with E-state index < -0.39 is 9.84 Å². The minimum atomic E-state index is -3.23. The number of sulfone groups is 1. The predicted octanol–water partition coefficient (Wildman–Crippen LogP) is 4.45. The molecule has 0 bridgehead atoms. The van der Waals surface area contributed by atoms with Gasteiger partial charge in [0.25, 0.3) is 0 Å². The van der Waals surface area contributed by atoms with Crippen LogP contribution in [-0.2, 0) is 9.84 Å². The third kappa shape index (κ3) is 3.27. The molecule has 118 valence electrons. The zero-order valence-electron chi connectivity index (χ0n) is 12.0. The minimum absolute atomic E-state index is 0.264. The van der Waals surface area contributed by atoms with Gasteiger partial charge in [-0.2, -0.15) is 5.10 Å². The van der Waals surface area contributed by atoms with Crippen molar-refractivity contribution in [1.29, 1.82) is 0 Å². The van der Waals surface area contributed by atoms with E-state index in [9.17, 15) is 8.42 Å². The second-order valence-corrected chi connectivity index (χ2v) is 7.88. The van der Waals surface area contributed by atoms with Crippen LogP contribution in [0, 0.1) is 0 Å². The largest absolute Gasteiger partial charge is 0.276 e. The van der Waals surface area contributed by atoms with Crippen LogP contribution in [0.4, 0.5) is 0 Å². The molecule has 0 aliphatic carbocycles. The number of benzene rings is 2. The first-order chi connectivity index (χ1) is 10.9. The predicted molar refractivity (Wildman–Crippen MR) is 92.6 cm³/mol. The molecule has 3 aromatic rings. The molecule has 0 unspecified atom stereocenters. The molecule has 0 saturated carbocycles. The number of nitrogens with one attached hydrogen (secondary N) is 1. The number of hydrogen-bond acceptors (Lipinski definition) is 3. The van der Waals surface area contributed by atoms with Crippen molar-refractivity contribution in [1.82, 2.24) is 10.2 Å². The van der Waals surface area contributed by atoms with Crippen LogP contribution in [0.3, 0.4) is 0 Å². The van der Waals surface area contributed by atoms with Gasteiger partial charge in [-0.15, -0.1) is 0 Å². The number of aromatic amines is 1. The third-order valence-corrected chi connectivity index (χ3v) is 5.08. The van der Waals surface area contributed by atoms with Crippen molar-refractivity contribution in [2.45, 2.75) is 4.90 Å². The minimum Gasteiger partial charge on any atom is -0.276 e. The molecule has 0 fully saturated rings. The molecule has 4 nitrogen and oxygen atoms in total. The van der Waals surface area contributed by atoms with Crippen LogP contribution in [0.15, 0.2) is 53.4 Å². The number of hydrogen-bond donors (Lipinski definition) is 1. The Morgan fingerprint density at radius 2 is 1.48 bits per heavy atom. The molecule has 2 aromatic carbocycles. The smallest absolute Gasteiger partial charge is 0.175 e. The van der Waals surface area contributed by atoms with Gasteiger partial charge in [0.2, 0.25) is 0 Å². The van der Waals surface area contributed by atoms with Gasteiger partial charge in [-0.25, -0.2) is 8.42 Å². The van der Waals surface area contributed by atoms with E-state index in [1.54, 1.807) is 36.4 Å². The molecule has 0 amide bonds. The first-order valence-electron chi connectivity index (χ1n) is 6.66. The van der Waals surface area contributed by atoms with Gasteiger partial charge in [-0.1, -0.05) is 47.5 Å². The number of halogens is 2. The molecular weight excluding hydrogens is 355 g/mol. The summed E-state index contributed by atoms with van der Waals surface area (Å²) in [7, 11) is -3.23. The summed E-state index contributed by atoms with van der Waals surface area (Å²) >= 11 is 12.1. The van der Waals surface area contributed by atoms with E-state index in [0.717, 1.165) is 22.4 Å². The van der Waals surface area contributed by atoms with Crippen LogP contribution in [-0.4, -0.2) is 24.9 Å². The summed E-state index contributed by atoms with van der Waals surface area (Å²) in [6.45, 7) is 0. The fourth-order valence-corrected chi connectivity index (χ4v) is 3.28. The lowest BCUT2D eigenvalue weighted by Gasteiger charge is -2.06. The van der Waals surface area contributed by atoms with E-state index in [0.29, 0.717) is 10.2 Å². The molecule has 1 aromatic heterocycles. The molecule has 23 heavy (non-hydrogen) atoms. The van der Waals surface area contributed by atoms with Gasteiger partial charge < -0.3 is 0 Å². The molecule has 0 aliphatic heterocycles. The Labute approximate surface area is 144 Å². The van der Waals surface area contributed by atoms with Crippen LogP contribution >= 0.6 is 23.2 Å². The number of nitrogens with zero attached hydrogens (tertiary/aromatic N) is 1. The van der Waals surface area contributed by atoms with E-state index in [1.807, 2.05) is 12.1 Å². The Bertz CT molecular complexity index is 947. The summed E-state index contributed by atoms with van der Waals surface area (Å²) in [6, 6.07) is 13.8. The summed E-state index contributed by atoms with van der Waals surface area (Å²) in [4.78, 5) is 0.264. The quantitative estimate of drug-likeness (QED) is 0.744. The maximum Gasteiger partial charge on any atom is 0.175 e. The standard InChI is InChI=1S/C16H12Cl2N2O2S/c1-23(21,22)13-8-4-11(5-9-13)15-14(16(18)20-19-15)10-2-6-12(17)7-3-10/h2-9H,1H3,(H,19,20). The summed E-state index contributed by atoms with van der Waals surface area (Å²) in [5, 5.41) is 7.92. The maximum absolute atomic E-state index is 11.6. The van der Waals surface area contributed by atoms with Crippen molar-refractivity contribution in [3.05, 3.63) is 58.7 Å². The Morgan fingerprint density at radius 1 is 0.913 bits per heavy atom. The molecule has 0 radical (unpaired) electrons. The summed E-state index contributed by atoms with van der Waals surface area (Å²) < 4.78 is 23.1. The molecule has 1 heterocycles. The Morgan fingerprint density at radius 3 is 2.04 bits per heavy atom. The monoisotopic (exact) mass is 366 g/mol. The van der Waals surface area contributed by atoms with Crippen LogP contribution < -0.4 is 0 Å². The Kier molecular flexibility index (Phi) is 4.19. The molecular formula is C16H12Cl2N2O2S. The van der Waals surface area contributed by atoms with Crippen molar-refractivity contribution < 1.29 is 8.42 Å². The van der Waals surface area contributed by atoms with Crippen molar-refractivity contribution in [3.8, 4) is 22.4 Å². The number of aromatic nitrogens is 2. The highest BCUT2D eigenvalue weighted by molar-refractivity contribution is 7.90. The zero-order chi connectivity index (χ0) is 16.6. The van der Waals surface area contributed by atoms with Crippen molar-refractivity contribution in [2.75, 3.05) is 6.26 Å². The molecule has 1 N–H and O–H groups in total. The van der Waals surface area contributed by atoms with E-state index in [2.05, 4.69) is 10.2 Å². The van der Waals surface area contributed by atoms with Gasteiger partial charge in [0.1, 0.15) is 0 Å². The highest BCUT2D eigenvalue weighted by Gasteiger charge is 2.16. The van der Waals surface area contributed by atoms with Gasteiger partial charge in [-0.05, 0) is 29.8 Å². The summed E-state index contributed by atoms with van der Waals surface area (Å²) in [5.74, 6) is 0. The van der Waals surface area contributed by atoms with E-state index in [1.165, 1.54) is 6.26 Å². The Balaban J connectivity index is 2.10. The first-order valence-corrected chi connectivity index (χ1v) is 9.31. The third-order valence-electron chi connectivity index (χ3n) is 3.43. The Hall–Kier alpha value is -1.82. The van der Waals surface area contributed by atoms with Crippen LogP contribution in [0.2, 0.25) is 10.2 Å². The molecule has 3 rings (SSSR count). The van der Waals surface area contributed by atoms with Crippen LogP contribution in [0.5, 0.6) is 0 Å². The first kappa shape index (κ1) is 16.1. The maximum atomic E-state index is 11.6. The highest BCUT2D eigenvalue weighted by atomic mass is 35.5. The fourth-order valence-electron chi connectivity index (χ4n) is 2.28. The topological polar surface area (TPSA) is 62.8 Å². The SMILES string of the molecule is CS(=O)(=O)c1ccc(-c2[nH]nc(Cl)c2-c2ccc(Cl)cc2)cc1. The normalized spacial score (nSPS) is 11.6. The second-order valence-electron chi connectivity index (χ2n) is 5.07. The second kappa shape index (κ2) is 6.00. The van der Waals surface area contributed by atoms with Crippen LogP contribution in [0.1, 0.15) is 0 Å². The van der Waals surface area contributed by atoms with Gasteiger partial charge in [0, 0.05) is 22.4 Å². The van der Waals surface area contributed by atoms with E-state index >= 15 is 0 Å². The lowest BCUT2D eigenvalue weighted by Crippen LogP contribution is -1.96. The summed E-state index contributed by atoms with van der Waals surface area (Å²) in [5.41, 5.74) is 3.13. The summed E-state index contributed by atoms with van der Waals surface area (Å²) in [6.07, 6.45) is 1.17. The van der Waals surface area contributed by atoms with Gasteiger partial charge in [0.05, 0.1) is 10.6 Å². The van der Waals surface area contributed by atoms with E-state index in [-0.39, 0.29) is 4.90 Å². The van der Waals surface area contributed by atoms with Crippen LogP contribution in [0.25, 0.3) is 22.4 Å². The number of rotatable bonds is 3. The van der Waals surface area contributed by atoms with E-state index in [4.69, 9.17) is 23.2 Å². The zero-order valence-corrected chi connectivity index (χ0v) is 14.4. The van der Waals surface area contributed by atoms with Crippen molar-refractivity contribution in [2.24, 2.45) is 0 Å². The number of H-pyrrole nitrogens is 1. The molecule has 7 heteroatoms. The molecule has 0 saturated heterocycles. The fraction of sp³-hybridized carbons (Fsp3) is 0.0625. The highest BCUT2D eigenvalue weighted by Crippen LogP contribution is 2.36. The average Bonchev–Trinajstić information content (AvgIpc) is 2.89. The molecule has 0 aliphatic rings. The van der Waals surface area contributed by atoms with Gasteiger partial charge in [-0.3, -0.25) is 5.10 Å². The molecule has 0 atom stereocenters. The van der Waals surface area contributed by atoms with Gasteiger partial charge >= 0.3 is 0 Å². The lowest BCUT2D eigenvalue weighted by atomic mass is 10.0. The van der Waals surface area contributed by atoms with Crippen molar-refractivity contribution in [3.63, 3.8) is 0 Å². The lowest BCUT2D eigenvalue weighted by molar-refractivity contribution is 0.602.